The van der Waals surface area contributed by atoms with Crippen molar-refractivity contribution in [2.24, 2.45) is 0 Å². The molecule has 0 heterocycles. The number of rotatable bonds is 21. The molecule has 0 aromatic heterocycles. The summed E-state index contributed by atoms with van der Waals surface area (Å²) in [6.45, 7) is 7.21. The maximum atomic E-state index is 8.79. The van der Waals surface area contributed by atoms with E-state index < -0.39 is 0 Å². The van der Waals surface area contributed by atoms with E-state index in [-0.39, 0.29) is 19.8 Å². The Morgan fingerprint density at radius 2 is 0.731 bits per heavy atom. The maximum absolute atomic E-state index is 8.79. The summed E-state index contributed by atoms with van der Waals surface area (Å²) in [5.74, 6) is 0. The Bertz CT molecular complexity index is 265. The van der Waals surface area contributed by atoms with Crippen LogP contribution in [0.3, 0.4) is 0 Å². The van der Waals surface area contributed by atoms with E-state index in [2.05, 4.69) is 7.05 Å². The minimum absolute atomic E-state index is 0.0217. The van der Waals surface area contributed by atoms with Crippen molar-refractivity contribution in [2.45, 2.75) is 0 Å². The van der Waals surface area contributed by atoms with Crippen LogP contribution in [0.5, 0.6) is 0 Å². The molecule has 0 aliphatic carbocycles. The van der Waals surface area contributed by atoms with Gasteiger partial charge in [-0.2, -0.15) is 0 Å². The molecule has 3 N–H and O–H groups in total. The normalized spacial score (nSPS) is 12.0. The van der Waals surface area contributed by atoms with E-state index in [1.807, 2.05) is 0 Å². The highest BCUT2D eigenvalue weighted by molar-refractivity contribution is 4.43. The smallest absolute Gasteiger partial charge is 0.102 e. The van der Waals surface area contributed by atoms with E-state index >= 15 is 0 Å². The summed E-state index contributed by atoms with van der Waals surface area (Å²) in [6, 6.07) is 0. The number of aliphatic hydroxyl groups is 3. The third kappa shape index (κ3) is 17.1. The van der Waals surface area contributed by atoms with E-state index in [1.54, 1.807) is 0 Å². The highest BCUT2D eigenvalue weighted by atomic mass is 16.5. The summed E-state index contributed by atoms with van der Waals surface area (Å²) in [7, 11) is 2.12. The van der Waals surface area contributed by atoms with Gasteiger partial charge in [0.2, 0.25) is 0 Å². The summed E-state index contributed by atoms with van der Waals surface area (Å²) in [6.07, 6.45) is 0. The Labute approximate surface area is 156 Å². The van der Waals surface area contributed by atoms with Crippen LogP contribution in [-0.4, -0.2) is 132 Å². The Balaban J connectivity index is 3.96. The number of quaternary nitrogens is 1. The fourth-order valence-corrected chi connectivity index (χ4v) is 2.13. The monoisotopic (exact) mass is 384 g/mol. The fourth-order valence-electron chi connectivity index (χ4n) is 2.13. The minimum Gasteiger partial charge on any atom is -0.394 e. The van der Waals surface area contributed by atoms with Crippen LogP contribution in [0.1, 0.15) is 0 Å². The Hall–Kier alpha value is -0.360. The first-order valence-electron chi connectivity index (χ1n) is 9.23. The van der Waals surface area contributed by atoms with Crippen LogP contribution in [0, 0.1) is 0 Å². The topological polar surface area (TPSA) is 107 Å². The average molecular weight is 384 g/mol. The van der Waals surface area contributed by atoms with Crippen LogP contribution in [0.4, 0.5) is 0 Å². The first kappa shape index (κ1) is 25.6. The van der Waals surface area contributed by atoms with Gasteiger partial charge in [0.1, 0.15) is 19.6 Å². The van der Waals surface area contributed by atoms with Gasteiger partial charge >= 0.3 is 0 Å². The van der Waals surface area contributed by atoms with Crippen LogP contribution < -0.4 is 0 Å². The molecular formula is C17H38NO8+. The summed E-state index contributed by atoms with van der Waals surface area (Å²) < 4.78 is 27.6. The zero-order chi connectivity index (χ0) is 19.3. The van der Waals surface area contributed by atoms with Gasteiger partial charge in [-0.25, -0.2) is 0 Å². The second-order valence-corrected chi connectivity index (χ2v) is 6.02. The van der Waals surface area contributed by atoms with Gasteiger partial charge in [0.05, 0.1) is 92.9 Å². The van der Waals surface area contributed by atoms with Crippen molar-refractivity contribution in [3.63, 3.8) is 0 Å². The molecule has 9 nitrogen and oxygen atoms in total. The standard InChI is InChI=1S/C17H38NO8/c1-18(2-8-22-11-5-19,3-9-23-14-16-25-12-6-20)4-10-24-15-17-26-13-7-21/h19-21H,2-17H2,1H3/q+1. The summed E-state index contributed by atoms with van der Waals surface area (Å²) in [5, 5.41) is 26.1. The van der Waals surface area contributed by atoms with Crippen LogP contribution in [0.2, 0.25) is 0 Å². The largest absolute Gasteiger partial charge is 0.394 e. The molecule has 0 unspecified atom stereocenters. The molecule has 0 fully saturated rings. The third-order valence-electron chi connectivity index (χ3n) is 3.78. The van der Waals surface area contributed by atoms with Gasteiger partial charge in [-0.1, -0.05) is 0 Å². The van der Waals surface area contributed by atoms with Crippen molar-refractivity contribution in [1.29, 1.82) is 0 Å². The van der Waals surface area contributed by atoms with Gasteiger partial charge in [0.15, 0.2) is 0 Å². The Morgan fingerprint density at radius 3 is 1.04 bits per heavy atom. The molecule has 0 spiro atoms. The lowest BCUT2D eigenvalue weighted by molar-refractivity contribution is -0.910. The highest BCUT2D eigenvalue weighted by Crippen LogP contribution is 2.03. The molecule has 0 bridgehead atoms. The van der Waals surface area contributed by atoms with E-state index in [1.165, 1.54) is 0 Å². The fraction of sp³-hybridized carbons (Fsp3) is 1.00. The predicted molar refractivity (Wildman–Crippen MR) is 96.1 cm³/mol. The number of hydrogen-bond donors (Lipinski definition) is 3. The van der Waals surface area contributed by atoms with Crippen LogP contribution in [0.15, 0.2) is 0 Å². The average Bonchev–Trinajstić information content (AvgIpc) is 2.64. The van der Waals surface area contributed by atoms with Crippen molar-refractivity contribution in [2.75, 3.05) is 113 Å². The molecule has 0 aliphatic rings. The lowest BCUT2D eigenvalue weighted by atomic mass is 10.3. The van der Waals surface area contributed by atoms with Crippen LogP contribution in [0.25, 0.3) is 0 Å². The minimum atomic E-state index is 0.0217. The summed E-state index contributed by atoms with van der Waals surface area (Å²) in [4.78, 5) is 0. The molecule has 0 aliphatic heterocycles. The molecule has 9 heteroatoms. The second-order valence-electron chi connectivity index (χ2n) is 6.02. The molecule has 158 valence electrons. The molecule has 0 aromatic rings. The van der Waals surface area contributed by atoms with Gasteiger partial charge in [0, 0.05) is 0 Å². The van der Waals surface area contributed by atoms with E-state index in [0.717, 1.165) is 24.1 Å². The number of hydrogen-bond acceptors (Lipinski definition) is 8. The van der Waals surface area contributed by atoms with Crippen LogP contribution >= 0.6 is 0 Å². The lowest BCUT2D eigenvalue weighted by Gasteiger charge is -2.34. The number of ether oxygens (including phenoxy) is 5. The SMILES string of the molecule is C[N+](CCOCCO)(CCOCCOCCO)CCOCCOCCO. The van der Waals surface area contributed by atoms with E-state index in [0.29, 0.717) is 66.1 Å². The molecule has 26 heavy (non-hydrogen) atoms. The van der Waals surface area contributed by atoms with Crippen molar-refractivity contribution >= 4 is 0 Å². The van der Waals surface area contributed by atoms with Gasteiger partial charge in [-0.05, 0) is 0 Å². The van der Waals surface area contributed by atoms with Crippen molar-refractivity contribution in [1.82, 2.24) is 0 Å². The number of nitrogens with zero attached hydrogens (tertiary/aromatic N) is 1. The molecule has 0 amide bonds. The van der Waals surface area contributed by atoms with Gasteiger partial charge < -0.3 is 43.5 Å². The molecule has 0 rings (SSSR count). The van der Waals surface area contributed by atoms with Gasteiger partial charge in [-0.15, -0.1) is 0 Å². The molecule has 0 radical (unpaired) electrons. The first-order chi connectivity index (χ1) is 12.7. The maximum Gasteiger partial charge on any atom is 0.102 e. The summed E-state index contributed by atoms with van der Waals surface area (Å²) >= 11 is 0. The second kappa shape index (κ2) is 19.4. The number of likely N-dealkylation sites (N-methyl/N-ethyl adjacent to an activating group) is 1. The van der Waals surface area contributed by atoms with E-state index in [9.17, 15) is 0 Å². The molecule has 0 saturated heterocycles. The molecule has 0 saturated carbocycles. The number of aliphatic hydroxyl groups excluding tert-OH is 3. The Morgan fingerprint density at radius 1 is 0.462 bits per heavy atom. The van der Waals surface area contributed by atoms with Gasteiger partial charge in [0.25, 0.3) is 0 Å². The van der Waals surface area contributed by atoms with Crippen molar-refractivity contribution in [3.8, 4) is 0 Å². The third-order valence-corrected chi connectivity index (χ3v) is 3.78. The first-order valence-corrected chi connectivity index (χ1v) is 9.23. The quantitative estimate of drug-likeness (QED) is 0.162. The van der Waals surface area contributed by atoms with Crippen molar-refractivity contribution in [3.05, 3.63) is 0 Å². The zero-order valence-corrected chi connectivity index (χ0v) is 16.1. The van der Waals surface area contributed by atoms with Crippen LogP contribution in [-0.2, 0) is 23.7 Å². The molecule has 0 aromatic carbocycles. The molecule has 0 atom stereocenters. The van der Waals surface area contributed by atoms with Crippen molar-refractivity contribution < 1.29 is 43.5 Å². The highest BCUT2D eigenvalue weighted by Gasteiger charge is 2.21. The van der Waals surface area contributed by atoms with E-state index in [4.69, 9.17) is 39.0 Å². The van der Waals surface area contributed by atoms with Gasteiger partial charge in [-0.3, -0.25) is 0 Å². The summed E-state index contributed by atoms with van der Waals surface area (Å²) in [5.41, 5.74) is 0. The lowest BCUT2D eigenvalue weighted by Crippen LogP contribution is -2.50. The zero-order valence-electron chi connectivity index (χ0n) is 16.1. The Kier molecular flexibility index (Phi) is 19.1. The molecular weight excluding hydrogens is 346 g/mol. The predicted octanol–water partition coefficient (Wildman–Crippen LogP) is -1.51.